The first-order chi connectivity index (χ1) is 14.0. The van der Waals surface area contributed by atoms with Gasteiger partial charge in [0.2, 0.25) is 0 Å². The summed E-state index contributed by atoms with van der Waals surface area (Å²) in [6.07, 6.45) is 1.79. The van der Waals surface area contributed by atoms with Gasteiger partial charge in [-0.3, -0.25) is 4.79 Å². The number of hydrogen-bond donors (Lipinski definition) is 2. The molecule has 8 heteroatoms. The molecule has 0 bridgehead atoms. The smallest absolute Gasteiger partial charge is 0.257 e. The van der Waals surface area contributed by atoms with Crippen molar-refractivity contribution in [3.8, 4) is 0 Å². The molecule has 152 valence electrons. The molecule has 0 spiro atoms. The molecule has 1 fully saturated rings. The Morgan fingerprint density at radius 3 is 2.76 bits per heavy atom. The van der Waals surface area contributed by atoms with Gasteiger partial charge in [-0.2, -0.15) is 0 Å². The minimum atomic E-state index is -0.493. The summed E-state index contributed by atoms with van der Waals surface area (Å²) >= 11 is 0. The van der Waals surface area contributed by atoms with Gasteiger partial charge in [0.15, 0.2) is 6.29 Å². The maximum atomic E-state index is 14.6. The fourth-order valence-corrected chi connectivity index (χ4v) is 3.40. The van der Waals surface area contributed by atoms with Crippen molar-refractivity contribution in [3.63, 3.8) is 0 Å². The average Bonchev–Trinajstić information content (AvgIpc) is 3.32. The predicted octanol–water partition coefficient (Wildman–Crippen LogP) is 3.57. The first-order valence-corrected chi connectivity index (χ1v) is 9.34. The molecule has 6 nitrogen and oxygen atoms in total. The second kappa shape index (κ2) is 8.18. The normalized spacial score (nSPS) is 17.5. The topological polar surface area (TPSA) is 62.8 Å². The summed E-state index contributed by atoms with van der Waals surface area (Å²) in [6, 6.07) is 9.13. The second-order valence-corrected chi connectivity index (χ2v) is 6.87. The molecule has 0 saturated carbocycles. The van der Waals surface area contributed by atoms with Crippen molar-refractivity contribution < 1.29 is 23.0 Å². The number of ether oxygens (including phenoxy) is 2. The third-order valence-corrected chi connectivity index (χ3v) is 4.91. The van der Waals surface area contributed by atoms with Gasteiger partial charge < -0.3 is 25.0 Å². The van der Waals surface area contributed by atoms with E-state index >= 15 is 0 Å². The number of anilines is 3. The van der Waals surface area contributed by atoms with Gasteiger partial charge in [-0.25, -0.2) is 8.78 Å². The van der Waals surface area contributed by atoms with Crippen LogP contribution in [0, 0.1) is 11.6 Å². The highest BCUT2D eigenvalue weighted by atomic mass is 19.1. The fraction of sp³-hybridized carbons (Fsp3) is 0.286. The number of carbonyl (C=O) groups excluding carboxylic acids is 1. The van der Waals surface area contributed by atoms with E-state index in [-0.39, 0.29) is 17.4 Å². The number of carbonyl (C=O) groups is 1. The van der Waals surface area contributed by atoms with E-state index in [4.69, 9.17) is 9.47 Å². The highest BCUT2D eigenvalue weighted by molar-refractivity contribution is 6.31. The van der Waals surface area contributed by atoms with Crippen molar-refractivity contribution in [1.29, 1.82) is 0 Å². The largest absolute Gasteiger partial charge is 0.372 e. The SMILES string of the molecule is CN(CCC1OCCO1)c1ccc(N/C=C2/C(=O)Nc3cccc(F)c32)cc1F. The maximum Gasteiger partial charge on any atom is 0.257 e. The monoisotopic (exact) mass is 401 g/mol. The van der Waals surface area contributed by atoms with Gasteiger partial charge in [0.1, 0.15) is 11.6 Å². The number of nitrogens with zero attached hydrogens (tertiary/aromatic N) is 1. The second-order valence-electron chi connectivity index (χ2n) is 6.87. The molecule has 0 atom stereocenters. The molecule has 2 aromatic rings. The summed E-state index contributed by atoms with van der Waals surface area (Å²) in [5, 5.41) is 5.49. The van der Waals surface area contributed by atoms with Gasteiger partial charge in [-0.15, -0.1) is 0 Å². The van der Waals surface area contributed by atoms with Crippen LogP contribution in [0.2, 0.25) is 0 Å². The zero-order valence-electron chi connectivity index (χ0n) is 15.9. The van der Waals surface area contributed by atoms with Crippen LogP contribution in [0.3, 0.4) is 0 Å². The molecule has 2 aliphatic heterocycles. The van der Waals surface area contributed by atoms with Crippen LogP contribution in [0.15, 0.2) is 42.6 Å². The first kappa shape index (κ1) is 19.4. The van der Waals surface area contributed by atoms with Gasteiger partial charge in [0, 0.05) is 37.5 Å². The number of benzene rings is 2. The van der Waals surface area contributed by atoms with Crippen LogP contribution in [0.1, 0.15) is 12.0 Å². The summed E-state index contributed by atoms with van der Waals surface area (Å²) < 4.78 is 39.4. The Labute approximate surface area is 167 Å². The quantitative estimate of drug-likeness (QED) is 0.725. The Bertz CT molecular complexity index is 958. The fourth-order valence-electron chi connectivity index (χ4n) is 3.40. The van der Waals surface area contributed by atoms with Crippen LogP contribution in [-0.4, -0.2) is 39.0 Å². The van der Waals surface area contributed by atoms with Crippen molar-refractivity contribution in [3.05, 3.63) is 59.8 Å². The molecule has 0 aliphatic carbocycles. The van der Waals surface area contributed by atoms with Crippen molar-refractivity contribution in [1.82, 2.24) is 0 Å². The Morgan fingerprint density at radius 1 is 1.21 bits per heavy atom. The predicted molar refractivity (Wildman–Crippen MR) is 107 cm³/mol. The van der Waals surface area contributed by atoms with E-state index in [0.717, 1.165) is 0 Å². The molecule has 29 heavy (non-hydrogen) atoms. The molecule has 1 saturated heterocycles. The molecule has 0 aromatic heterocycles. The van der Waals surface area contributed by atoms with E-state index in [2.05, 4.69) is 10.6 Å². The van der Waals surface area contributed by atoms with Gasteiger partial charge in [-0.1, -0.05) is 6.07 Å². The Hall–Kier alpha value is -2.97. The molecular formula is C21H21F2N3O3. The Kier molecular flexibility index (Phi) is 5.46. The Morgan fingerprint density at radius 2 is 2.00 bits per heavy atom. The molecule has 0 radical (unpaired) electrons. The van der Waals surface area contributed by atoms with E-state index in [1.165, 1.54) is 24.4 Å². The van der Waals surface area contributed by atoms with Crippen LogP contribution in [0.4, 0.5) is 25.8 Å². The summed E-state index contributed by atoms with van der Waals surface area (Å²) in [4.78, 5) is 13.9. The summed E-state index contributed by atoms with van der Waals surface area (Å²) in [6.45, 7) is 1.75. The highest BCUT2D eigenvalue weighted by Crippen LogP contribution is 2.33. The maximum absolute atomic E-state index is 14.6. The summed E-state index contributed by atoms with van der Waals surface area (Å²) in [5.41, 5.74) is 1.68. The van der Waals surface area contributed by atoms with Gasteiger partial charge >= 0.3 is 0 Å². The number of rotatable bonds is 6. The molecule has 4 rings (SSSR count). The number of hydrogen-bond acceptors (Lipinski definition) is 5. The van der Waals surface area contributed by atoms with Crippen LogP contribution in [-0.2, 0) is 14.3 Å². The van der Waals surface area contributed by atoms with Gasteiger partial charge in [0.25, 0.3) is 5.91 Å². The van der Waals surface area contributed by atoms with Crippen LogP contribution >= 0.6 is 0 Å². The highest BCUT2D eigenvalue weighted by Gasteiger charge is 2.27. The van der Waals surface area contributed by atoms with E-state index in [0.29, 0.717) is 43.2 Å². The average molecular weight is 401 g/mol. The van der Waals surface area contributed by atoms with Crippen molar-refractivity contribution >= 4 is 28.5 Å². The van der Waals surface area contributed by atoms with Crippen molar-refractivity contribution in [2.24, 2.45) is 0 Å². The van der Waals surface area contributed by atoms with E-state index in [9.17, 15) is 13.6 Å². The molecule has 2 aromatic carbocycles. The van der Waals surface area contributed by atoms with E-state index < -0.39 is 17.5 Å². The van der Waals surface area contributed by atoms with Crippen LogP contribution in [0.5, 0.6) is 0 Å². The summed E-state index contributed by atoms with van der Waals surface area (Å²) in [5.74, 6) is -1.32. The van der Waals surface area contributed by atoms with Crippen LogP contribution in [0.25, 0.3) is 5.57 Å². The molecule has 2 aliphatic rings. The van der Waals surface area contributed by atoms with Crippen molar-refractivity contribution in [2.45, 2.75) is 12.7 Å². The third kappa shape index (κ3) is 4.08. The Balaban J connectivity index is 1.45. The van der Waals surface area contributed by atoms with E-state index in [1.54, 1.807) is 30.1 Å². The van der Waals surface area contributed by atoms with Gasteiger partial charge in [-0.05, 0) is 30.3 Å². The first-order valence-electron chi connectivity index (χ1n) is 9.34. The lowest BCUT2D eigenvalue weighted by molar-refractivity contribution is -0.110. The number of halogens is 2. The lowest BCUT2D eigenvalue weighted by atomic mass is 10.1. The lowest BCUT2D eigenvalue weighted by Gasteiger charge is -2.21. The molecule has 1 amide bonds. The van der Waals surface area contributed by atoms with Gasteiger partial charge in [0.05, 0.1) is 30.2 Å². The minimum absolute atomic E-state index is 0.163. The standard InChI is InChI=1S/C21H21F2N3O3/c1-26(8-7-19-28-9-10-29-19)18-6-5-13(11-16(18)23)24-12-14-20-15(22)3-2-4-17(20)25-21(14)27/h2-6,11-12,19,24H,7-10H2,1H3,(H,25,27)/b14-12+. The van der Waals surface area contributed by atoms with E-state index in [1.807, 2.05) is 0 Å². The molecule has 2 heterocycles. The lowest BCUT2D eigenvalue weighted by Crippen LogP contribution is -2.24. The summed E-state index contributed by atoms with van der Waals surface area (Å²) in [7, 11) is 1.80. The molecule has 2 N–H and O–H groups in total. The van der Waals surface area contributed by atoms with Crippen LogP contribution < -0.4 is 15.5 Å². The molecular weight excluding hydrogens is 380 g/mol. The zero-order valence-corrected chi connectivity index (χ0v) is 15.9. The number of nitrogens with one attached hydrogen (secondary N) is 2. The molecule has 0 unspecified atom stereocenters. The third-order valence-electron chi connectivity index (χ3n) is 4.91. The minimum Gasteiger partial charge on any atom is -0.372 e. The zero-order chi connectivity index (χ0) is 20.4. The number of amides is 1. The number of fused-ring (bicyclic) bond motifs is 1. The van der Waals surface area contributed by atoms with Crippen molar-refractivity contribution in [2.75, 3.05) is 42.3 Å².